The van der Waals surface area contributed by atoms with Gasteiger partial charge in [0.2, 0.25) is 0 Å². The van der Waals surface area contributed by atoms with Crippen LogP contribution in [0.4, 0.5) is 0 Å². The van der Waals surface area contributed by atoms with Crippen LogP contribution in [0.3, 0.4) is 0 Å². The quantitative estimate of drug-likeness (QED) is 0.563. The number of hydrazine groups is 1. The zero-order valence-electron chi connectivity index (χ0n) is 8.84. The highest BCUT2D eigenvalue weighted by molar-refractivity contribution is 5.96. The molecule has 5 heteroatoms. The lowest BCUT2D eigenvalue weighted by Gasteiger charge is -2.25. The van der Waals surface area contributed by atoms with Crippen LogP contribution in [0.5, 0.6) is 0 Å². The summed E-state index contributed by atoms with van der Waals surface area (Å²) in [5.74, 6) is 6.28. The van der Waals surface area contributed by atoms with Gasteiger partial charge in [-0.3, -0.25) is 15.2 Å². The second-order valence-electron chi connectivity index (χ2n) is 3.38. The van der Waals surface area contributed by atoms with E-state index in [4.69, 9.17) is 5.84 Å². The van der Waals surface area contributed by atoms with Gasteiger partial charge in [-0.1, -0.05) is 30.3 Å². The molecule has 1 aliphatic heterocycles. The first kappa shape index (κ1) is 10.4. The van der Waals surface area contributed by atoms with Crippen LogP contribution in [0.25, 0.3) is 5.70 Å². The molecule has 0 saturated heterocycles. The van der Waals surface area contributed by atoms with Crippen LogP contribution in [0.1, 0.15) is 12.5 Å². The summed E-state index contributed by atoms with van der Waals surface area (Å²) in [5.41, 5.74) is 4.69. The summed E-state index contributed by atoms with van der Waals surface area (Å²) in [6, 6.07) is 9.45. The van der Waals surface area contributed by atoms with Gasteiger partial charge in [0.15, 0.2) is 6.29 Å². The van der Waals surface area contributed by atoms with Crippen LogP contribution in [-0.2, 0) is 4.79 Å². The number of allylic oxidation sites excluding steroid dienone is 1. The molecule has 3 N–H and O–H groups in total. The standard InChI is InChI=1S/C11H12N4O/c1-8-13-14-11(10(7-16)15(8)12)9-5-3-2-4-6-9/h2-7,14H,12H2,1H3. The molecule has 0 aromatic heterocycles. The highest BCUT2D eigenvalue weighted by Crippen LogP contribution is 2.19. The first-order chi connectivity index (χ1) is 7.74. The van der Waals surface area contributed by atoms with Gasteiger partial charge in [0, 0.05) is 5.56 Å². The van der Waals surface area contributed by atoms with E-state index < -0.39 is 0 Å². The Balaban J connectivity index is 2.47. The number of nitrogens with two attached hydrogens (primary N) is 1. The zero-order valence-corrected chi connectivity index (χ0v) is 8.84. The fraction of sp³-hybridized carbons (Fsp3) is 0.0909. The Morgan fingerprint density at radius 2 is 2.06 bits per heavy atom. The average molecular weight is 216 g/mol. The third kappa shape index (κ3) is 1.68. The summed E-state index contributed by atoms with van der Waals surface area (Å²) in [4.78, 5) is 11.0. The number of amidine groups is 1. The predicted molar refractivity (Wildman–Crippen MR) is 61.7 cm³/mol. The lowest BCUT2D eigenvalue weighted by Crippen LogP contribution is -2.41. The Morgan fingerprint density at radius 1 is 1.38 bits per heavy atom. The molecule has 0 aliphatic carbocycles. The Kier molecular flexibility index (Phi) is 2.70. The number of hydrazone groups is 1. The Labute approximate surface area is 93.2 Å². The predicted octanol–water partition coefficient (Wildman–Crippen LogP) is 0.666. The molecule has 1 aliphatic rings. The molecular formula is C11H12N4O. The topological polar surface area (TPSA) is 70.7 Å². The highest BCUT2D eigenvalue weighted by Gasteiger charge is 2.19. The van der Waals surface area contributed by atoms with Gasteiger partial charge in [-0.15, -0.1) is 0 Å². The van der Waals surface area contributed by atoms with Crippen molar-refractivity contribution in [1.29, 1.82) is 0 Å². The molecule has 0 fully saturated rings. The number of benzene rings is 1. The molecule has 0 bridgehead atoms. The van der Waals surface area contributed by atoms with E-state index in [1.807, 2.05) is 30.3 Å². The van der Waals surface area contributed by atoms with Crippen LogP contribution < -0.4 is 11.3 Å². The molecule has 0 atom stereocenters. The average Bonchev–Trinajstić information content (AvgIpc) is 2.33. The normalized spacial score (nSPS) is 15.6. The summed E-state index contributed by atoms with van der Waals surface area (Å²) >= 11 is 0. The third-order valence-electron chi connectivity index (χ3n) is 2.37. The Morgan fingerprint density at radius 3 is 2.69 bits per heavy atom. The largest absolute Gasteiger partial charge is 0.296 e. The van der Waals surface area contributed by atoms with Crippen LogP contribution in [-0.4, -0.2) is 17.1 Å². The monoisotopic (exact) mass is 216 g/mol. The molecule has 0 amide bonds. The number of hydrogen-bond donors (Lipinski definition) is 2. The van der Waals surface area contributed by atoms with Crippen LogP contribution in [0, 0.1) is 0 Å². The van der Waals surface area contributed by atoms with Gasteiger partial charge in [0.05, 0.1) is 5.70 Å². The number of carbonyl (C=O) groups excluding carboxylic acids is 1. The summed E-state index contributed by atoms with van der Waals surface area (Å²) in [5, 5.41) is 5.29. The lowest BCUT2D eigenvalue weighted by atomic mass is 10.1. The van der Waals surface area contributed by atoms with E-state index in [9.17, 15) is 4.79 Å². The maximum absolute atomic E-state index is 11.0. The lowest BCUT2D eigenvalue weighted by molar-refractivity contribution is -0.105. The summed E-state index contributed by atoms with van der Waals surface area (Å²) in [6.07, 6.45) is 0.716. The van der Waals surface area contributed by atoms with E-state index in [-0.39, 0.29) is 0 Å². The van der Waals surface area contributed by atoms with Crippen LogP contribution in [0.15, 0.2) is 41.1 Å². The molecule has 1 heterocycles. The van der Waals surface area contributed by atoms with Crippen molar-refractivity contribution in [2.45, 2.75) is 6.92 Å². The van der Waals surface area contributed by atoms with Gasteiger partial charge in [-0.2, -0.15) is 5.10 Å². The SMILES string of the molecule is CC1=NNC(c2ccccc2)=C(C=O)N1N. The fourth-order valence-corrected chi connectivity index (χ4v) is 1.48. The number of aldehydes is 1. The van der Waals surface area contributed by atoms with E-state index >= 15 is 0 Å². The van der Waals surface area contributed by atoms with Crippen LogP contribution in [0.2, 0.25) is 0 Å². The molecule has 16 heavy (non-hydrogen) atoms. The minimum atomic E-state index is 0.374. The van der Waals surface area contributed by atoms with Crippen molar-refractivity contribution in [1.82, 2.24) is 10.4 Å². The number of rotatable bonds is 2. The second kappa shape index (κ2) is 4.16. The Bertz CT molecular complexity index is 464. The van der Waals surface area contributed by atoms with Crippen molar-refractivity contribution >= 4 is 17.8 Å². The molecule has 1 aromatic rings. The maximum Gasteiger partial charge on any atom is 0.170 e. The zero-order chi connectivity index (χ0) is 11.5. The van der Waals surface area contributed by atoms with Crippen molar-refractivity contribution in [2.75, 3.05) is 0 Å². The molecule has 0 unspecified atom stereocenters. The molecule has 2 rings (SSSR count). The van der Waals surface area contributed by atoms with Crippen molar-refractivity contribution in [3.05, 3.63) is 41.6 Å². The van der Waals surface area contributed by atoms with E-state index in [2.05, 4.69) is 10.5 Å². The number of nitrogens with zero attached hydrogens (tertiary/aromatic N) is 2. The molecule has 82 valence electrons. The van der Waals surface area contributed by atoms with Gasteiger partial charge in [-0.05, 0) is 6.92 Å². The molecule has 0 saturated carbocycles. The first-order valence-electron chi connectivity index (χ1n) is 4.84. The van der Waals surface area contributed by atoms with Gasteiger partial charge >= 0.3 is 0 Å². The number of carbonyl (C=O) groups is 1. The van der Waals surface area contributed by atoms with Gasteiger partial charge in [0.1, 0.15) is 11.5 Å². The molecular weight excluding hydrogens is 204 g/mol. The van der Waals surface area contributed by atoms with Crippen molar-refractivity contribution in [3.8, 4) is 0 Å². The van der Waals surface area contributed by atoms with E-state index in [1.165, 1.54) is 5.01 Å². The maximum atomic E-state index is 11.0. The molecule has 1 aromatic carbocycles. The minimum absolute atomic E-state index is 0.374. The van der Waals surface area contributed by atoms with Gasteiger partial charge in [-0.25, -0.2) is 5.84 Å². The van der Waals surface area contributed by atoms with Crippen molar-refractivity contribution in [2.24, 2.45) is 10.9 Å². The van der Waals surface area contributed by atoms with E-state index in [0.717, 1.165) is 5.56 Å². The third-order valence-corrected chi connectivity index (χ3v) is 2.37. The summed E-state index contributed by atoms with van der Waals surface area (Å²) in [7, 11) is 0. The van der Waals surface area contributed by atoms with Crippen LogP contribution >= 0.6 is 0 Å². The highest BCUT2D eigenvalue weighted by atomic mass is 16.1. The van der Waals surface area contributed by atoms with Crippen molar-refractivity contribution in [3.63, 3.8) is 0 Å². The van der Waals surface area contributed by atoms with Gasteiger partial charge < -0.3 is 0 Å². The smallest absolute Gasteiger partial charge is 0.170 e. The molecule has 5 nitrogen and oxygen atoms in total. The Hall–Kier alpha value is -2.14. The van der Waals surface area contributed by atoms with Crippen molar-refractivity contribution < 1.29 is 4.79 Å². The first-order valence-corrected chi connectivity index (χ1v) is 4.84. The molecule has 0 spiro atoms. The fourth-order valence-electron chi connectivity index (χ4n) is 1.48. The summed E-state index contributed by atoms with van der Waals surface area (Å²) in [6.45, 7) is 1.72. The second-order valence-corrected chi connectivity index (χ2v) is 3.38. The van der Waals surface area contributed by atoms with Gasteiger partial charge in [0.25, 0.3) is 0 Å². The number of hydrogen-bond acceptors (Lipinski definition) is 5. The van der Waals surface area contributed by atoms with E-state index in [1.54, 1.807) is 6.92 Å². The number of nitrogens with one attached hydrogen (secondary N) is 1. The van der Waals surface area contributed by atoms with E-state index in [0.29, 0.717) is 23.5 Å². The molecule has 0 radical (unpaired) electrons. The minimum Gasteiger partial charge on any atom is -0.296 e. The summed E-state index contributed by atoms with van der Waals surface area (Å²) < 4.78 is 0.